The molecule has 1 aliphatic carbocycles. The molecule has 1 aromatic heterocycles. The molecule has 0 radical (unpaired) electrons. The molecule has 0 saturated heterocycles. The van der Waals surface area contributed by atoms with E-state index in [9.17, 15) is 0 Å². The molecule has 3 nitrogen and oxygen atoms in total. The minimum atomic E-state index is 0. The van der Waals surface area contributed by atoms with E-state index in [1.54, 1.807) is 4.68 Å². The van der Waals surface area contributed by atoms with Crippen LogP contribution >= 0.6 is 24.0 Å². The zero-order valence-electron chi connectivity index (χ0n) is 10.7. The Morgan fingerprint density at radius 1 is 1.53 bits per heavy atom. The van der Waals surface area contributed by atoms with Gasteiger partial charge in [-0.1, -0.05) is 24.9 Å². The number of aromatic nitrogens is 2. The van der Waals surface area contributed by atoms with Gasteiger partial charge in [0.15, 0.2) is 0 Å². The molecule has 0 spiro atoms. The van der Waals surface area contributed by atoms with Crippen molar-refractivity contribution in [2.24, 2.45) is 13.0 Å². The molecule has 5 heteroatoms. The van der Waals surface area contributed by atoms with Gasteiger partial charge in [-0.05, 0) is 25.7 Å². The Kier molecular flexibility index (Phi) is 5.29. The molecule has 2 unspecified atom stereocenters. The number of aryl methyl sites for hydroxylation is 2. The third kappa shape index (κ3) is 3.36. The third-order valence-corrected chi connectivity index (χ3v) is 3.87. The smallest absolute Gasteiger partial charge is 0.131 e. The van der Waals surface area contributed by atoms with Crippen LogP contribution in [0.3, 0.4) is 0 Å². The van der Waals surface area contributed by atoms with E-state index in [1.807, 2.05) is 14.0 Å². The van der Waals surface area contributed by atoms with Gasteiger partial charge in [0.05, 0.1) is 5.69 Å². The molecule has 1 fully saturated rings. The van der Waals surface area contributed by atoms with Gasteiger partial charge in [-0.2, -0.15) is 5.10 Å². The average Bonchev–Trinajstić information content (AvgIpc) is 2.91. The first-order valence-corrected chi connectivity index (χ1v) is 6.42. The summed E-state index contributed by atoms with van der Waals surface area (Å²) in [6, 6.07) is 0.704. The fourth-order valence-electron chi connectivity index (χ4n) is 2.30. The third-order valence-electron chi connectivity index (χ3n) is 3.39. The minimum absolute atomic E-state index is 0. The monoisotopic (exact) mass is 277 g/mol. The lowest BCUT2D eigenvalue weighted by atomic mass is 10.2. The summed E-state index contributed by atoms with van der Waals surface area (Å²) in [6.07, 6.45) is 3.96. The number of rotatable bonds is 5. The molecule has 1 aliphatic rings. The van der Waals surface area contributed by atoms with Gasteiger partial charge in [0.1, 0.15) is 5.15 Å². The van der Waals surface area contributed by atoms with Gasteiger partial charge in [0.2, 0.25) is 0 Å². The Morgan fingerprint density at radius 2 is 2.24 bits per heavy atom. The van der Waals surface area contributed by atoms with Gasteiger partial charge >= 0.3 is 0 Å². The highest BCUT2D eigenvalue weighted by atomic mass is 35.5. The Labute approximate surface area is 114 Å². The van der Waals surface area contributed by atoms with Crippen molar-refractivity contribution in [3.05, 3.63) is 16.4 Å². The maximum atomic E-state index is 6.18. The molecule has 1 saturated carbocycles. The summed E-state index contributed by atoms with van der Waals surface area (Å²) in [5, 5.41) is 8.64. The molecular formula is C12H21Cl2N3. The molecule has 2 rings (SSSR count). The maximum absolute atomic E-state index is 6.18. The predicted molar refractivity (Wildman–Crippen MR) is 73.8 cm³/mol. The Hall–Kier alpha value is -0.250. The summed E-state index contributed by atoms with van der Waals surface area (Å²) < 4.78 is 1.74. The largest absolute Gasteiger partial charge is 0.309 e. The summed E-state index contributed by atoms with van der Waals surface area (Å²) in [7, 11) is 1.88. The number of nitrogens with one attached hydrogen (secondary N) is 1. The second-order valence-corrected chi connectivity index (χ2v) is 5.11. The molecule has 0 amide bonds. The van der Waals surface area contributed by atoms with E-state index < -0.39 is 0 Å². The topological polar surface area (TPSA) is 29.9 Å². The number of nitrogens with zero attached hydrogens (tertiary/aromatic N) is 2. The molecule has 1 N–H and O–H groups in total. The van der Waals surface area contributed by atoms with Gasteiger partial charge in [0.25, 0.3) is 0 Å². The molecule has 0 aliphatic heterocycles. The Morgan fingerprint density at radius 3 is 2.76 bits per heavy atom. The van der Waals surface area contributed by atoms with Crippen LogP contribution in [0.1, 0.15) is 37.4 Å². The quantitative estimate of drug-likeness (QED) is 0.897. The summed E-state index contributed by atoms with van der Waals surface area (Å²) in [6.45, 7) is 5.11. The summed E-state index contributed by atoms with van der Waals surface area (Å²) in [5.41, 5.74) is 2.18. The molecule has 0 aromatic carbocycles. The van der Waals surface area contributed by atoms with Gasteiger partial charge in [-0.25, -0.2) is 0 Å². The first-order chi connectivity index (χ1) is 7.63. The highest BCUT2D eigenvalue weighted by molar-refractivity contribution is 6.30. The molecule has 1 heterocycles. The van der Waals surface area contributed by atoms with E-state index in [1.165, 1.54) is 19.3 Å². The molecule has 98 valence electrons. The van der Waals surface area contributed by atoms with Crippen LogP contribution in [-0.4, -0.2) is 15.8 Å². The molecule has 17 heavy (non-hydrogen) atoms. The van der Waals surface area contributed by atoms with Crippen LogP contribution in [0, 0.1) is 12.8 Å². The van der Waals surface area contributed by atoms with Gasteiger partial charge in [-0.15, -0.1) is 12.4 Å². The van der Waals surface area contributed by atoms with Crippen LogP contribution in [0.25, 0.3) is 0 Å². The van der Waals surface area contributed by atoms with Gasteiger partial charge < -0.3 is 5.32 Å². The fourth-order valence-corrected chi connectivity index (χ4v) is 2.54. The lowest BCUT2D eigenvalue weighted by Crippen LogP contribution is -2.18. The van der Waals surface area contributed by atoms with Crippen molar-refractivity contribution in [3.63, 3.8) is 0 Å². The van der Waals surface area contributed by atoms with Crippen molar-refractivity contribution >= 4 is 24.0 Å². The van der Waals surface area contributed by atoms with E-state index in [2.05, 4.69) is 17.3 Å². The van der Waals surface area contributed by atoms with Crippen LogP contribution in [0.2, 0.25) is 5.15 Å². The van der Waals surface area contributed by atoms with E-state index in [-0.39, 0.29) is 12.4 Å². The second-order valence-electron chi connectivity index (χ2n) is 4.75. The van der Waals surface area contributed by atoms with Crippen LogP contribution in [0.15, 0.2) is 0 Å². The zero-order chi connectivity index (χ0) is 11.7. The zero-order valence-corrected chi connectivity index (χ0v) is 12.2. The Bertz CT molecular complexity index is 376. The van der Waals surface area contributed by atoms with E-state index >= 15 is 0 Å². The van der Waals surface area contributed by atoms with E-state index in [0.717, 1.165) is 28.9 Å². The van der Waals surface area contributed by atoms with Crippen molar-refractivity contribution in [1.82, 2.24) is 15.1 Å². The predicted octanol–water partition coefficient (Wildman–Crippen LogP) is 3.08. The Balaban J connectivity index is 0.00000144. The van der Waals surface area contributed by atoms with Crippen molar-refractivity contribution in [2.75, 3.05) is 0 Å². The molecule has 1 aromatic rings. The highest BCUT2D eigenvalue weighted by Gasteiger charge is 2.35. The summed E-state index contributed by atoms with van der Waals surface area (Å²) in [5.74, 6) is 0.890. The van der Waals surface area contributed by atoms with Crippen LogP contribution in [-0.2, 0) is 13.6 Å². The van der Waals surface area contributed by atoms with E-state index in [4.69, 9.17) is 11.6 Å². The summed E-state index contributed by atoms with van der Waals surface area (Å²) >= 11 is 6.18. The lowest BCUT2D eigenvalue weighted by molar-refractivity contribution is 0.598. The number of halogens is 2. The van der Waals surface area contributed by atoms with Crippen molar-refractivity contribution in [1.29, 1.82) is 0 Å². The number of hydrogen-bond donors (Lipinski definition) is 1. The first kappa shape index (κ1) is 14.8. The SMILES string of the molecule is CCCC1CC1NCc1c(C)nn(C)c1Cl.Cl. The molecule has 0 bridgehead atoms. The van der Waals surface area contributed by atoms with Gasteiger partial charge in [0, 0.05) is 25.2 Å². The normalized spacial score (nSPS) is 22.4. The highest BCUT2D eigenvalue weighted by Crippen LogP contribution is 2.35. The fraction of sp³-hybridized carbons (Fsp3) is 0.750. The lowest BCUT2D eigenvalue weighted by Gasteiger charge is -2.03. The van der Waals surface area contributed by atoms with Crippen LogP contribution in [0.4, 0.5) is 0 Å². The van der Waals surface area contributed by atoms with E-state index in [0.29, 0.717) is 6.04 Å². The van der Waals surface area contributed by atoms with Crippen molar-refractivity contribution in [2.45, 2.75) is 45.7 Å². The number of hydrogen-bond acceptors (Lipinski definition) is 2. The average molecular weight is 278 g/mol. The second kappa shape index (κ2) is 6.07. The van der Waals surface area contributed by atoms with Crippen molar-refractivity contribution < 1.29 is 0 Å². The maximum Gasteiger partial charge on any atom is 0.131 e. The molecular weight excluding hydrogens is 257 g/mol. The minimum Gasteiger partial charge on any atom is -0.309 e. The van der Waals surface area contributed by atoms with Gasteiger partial charge in [-0.3, -0.25) is 4.68 Å². The van der Waals surface area contributed by atoms with Crippen LogP contribution < -0.4 is 5.32 Å². The molecule has 2 atom stereocenters. The van der Waals surface area contributed by atoms with Crippen molar-refractivity contribution in [3.8, 4) is 0 Å². The summed E-state index contributed by atoms with van der Waals surface area (Å²) in [4.78, 5) is 0. The standard InChI is InChI=1S/C12H20ClN3.ClH/c1-4-5-9-6-11(9)14-7-10-8(2)15-16(3)12(10)13;/h9,11,14H,4-7H2,1-3H3;1H. The first-order valence-electron chi connectivity index (χ1n) is 6.04. The van der Waals surface area contributed by atoms with Crippen LogP contribution in [0.5, 0.6) is 0 Å².